The topological polar surface area (TPSA) is 205 Å². The molecule has 188 valence electrons. The predicted octanol–water partition coefficient (Wildman–Crippen LogP) is -0.813. The maximum atomic E-state index is 12.8. The van der Waals surface area contributed by atoms with Crippen LogP contribution >= 0.6 is 34.9 Å². The standard InChI is InChI=1S/C17H18N6O8S4/c24-12(9-2-1-4-32-9)13(25)18-10-14(26)23-11(16(27)28)8(6-33-15(10)23)7-34-17-19-20-21-22(17)3-5-35(29,30)31/h1-2,4,10,12,15,24H,3,5-7H2,(H,18,25)(H,27,28)(H,29,30,31). The lowest BCUT2D eigenvalue weighted by Gasteiger charge is -2.49. The van der Waals surface area contributed by atoms with Gasteiger partial charge in [-0.05, 0) is 27.4 Å². The summed E-state index contributed by atoms with van der Waals surface area (Å²) >= 11 is 3.51. The monoisotopic (exact) mass is 562 g/mol. The summed E-state index contributed by atoms with van der Waals surface area (Å²) in [7, 11) is -4.22. The number of aliphatic hydroxyl groups is 1. The van der Waals surface area contributed by atoms with Gasteiger partial charge in [-0.25, -0.2) is 9.48 Å². The summed E-state index contributed by atoms with van der Waals surface area (Å²) in [6, 6.07) is 2.30. The highest BCUT2D eigenvalue weighted by Crippen LogP contribution is 2.41. The molecule has 4 heterocycles. The zero-order valence-electron chi connectivity index (χ0n) is 17.5. The molecule has 2 aliphatic rings. The van der Waals surface area contributed by atoms with Crippen molar-refractivity contribution in [1.82, 2.24) is 30.4 Å². The van der Waals surface area contributed by atoms with Crippen molar-refractivity contribution in [3.63, 3.8) is 0 Å². The molecule has 2 aromatic rings. The predicted molar refractivity (Wildman–Crippen MR) is 124 cm³/mol. The lowest BCUT2D eigenvalue weighted by Crippen LogP contribution is -2.70. The fourth-order valence-corrected chi connectivity index (χ4v) is 6.90. The number of carbonyl (C=O) groups excluding carboxylic acids is 2. The highest BCUT2D eigenvalue weighted by Gasteiger charge is 2.54. The second-order valence-corrected chi connectivity index (χ2v) is 11.9. The van der Waals surface area contributed by atoms with Gasteiger partial charge in [0.2, 0.25) is 5.16 Å². The van der Waals surface area contributed by atoms with Gasteiger partial charge in [0.15, 0.2) is 6.10 Å². The SMILES string of the molecule is O=C(O)C1=C(CSc2nnnn2CCS(=O)(=O)O)CSC2C(NC(=O)C(O)c3cccs3)C(=O)N12. The van der Waals surface area contributed by atoms with Crippen LogP contribution in [0.3, 0.4) is 0 Å². The number of aliphatic hydroxyl groups excluding tert-OH is 1. The molecule has 3 atom stereocenters. The van der Waals surface area contributed by atoms with E-state index in [0.29, 0.717) is 10.5 Å². The van der Waals surface area contributed by atoms with Crippen LogP contribution in [0.15, 0.2) is 33.9 Å². The van der Waals surface area contributed by atoms with Gasteiger partial charge in [0.05, 0.1) is 12.3 Å². The average molecular weight is 563 g/mol. The Kier molecular flexibility index (Phi) is 7.48. The maximum absolute atomic E-state index is 12.8. The molecule has 0 saturated carbocycles. The maximum Gasteiger partial charge on any atom is 0.352 e. The molecule has 0 aromatic carbocycles. The number of carbonyl (C=O) groups is 3. The van der Waals surface area contributed by atoms with E-state index in [9.17, 15) is 33.0 Å². The molecule has 0 aliphatic carbocycles. The molecule has 0 radical (unpaired) electrons. The van der Waals surface area contributed by atoms with E-state index in [0.717, 1.165) is 21.3 Å². The molecule has 2 aromatic heterocycles. The molecule has 4 N–H and O–H groups in total. The highest BCUT2D eigenvalue weighted by molar-refractivity contribution is 8.01. The quantitative estimate of drug-likeness (QED) is 0.159. The summed E-state index contributed by atoms with van der Waals surface area (Å²) in [6.45, 7) is -0.195. The van der Waals surface area contributed by atoms with Gasteiger partial charge in [-0.1, -0.05) is 17.8 Å². The molecular formula is C17H18N6O8S4. The Balaban J connectivity index is 1.43. The van der Waals surface area contributed by atoms with Crippen LogP contribution in [0.5, 0.6) is 0 Å². The van der Waals surface area contributed by atoms with Gasteiger partial charge < -0.3 is 15.5 Å². The Labute approximate surface area is 210 Å². The summed E-state index contributed by atoms with van der Waals surface area (Å²) in [4.78, 5) is 38.7. The van der Waals surface area contributed by atoms with Gasteiger partial charge in [-0.2, -0.15) is 8.42 Å². The van der Waals surface area contributed by atoms with Crippen LogP contribution in [0.1, 0.15) is 11.0 Å². The molecule has 2 aliphatic heterocycles. The summed E-state index contributed by atoms with van der Waals surface area (Å²) < 4.78 is 32.0. The second-order valence-electron chi connectivity index (χ2n) is 7.33. The van der Waals surface area contributed by atoms with E-state index < -0.39 is 51.2 Å². The molecule has 1 saturated heterocycles. The Hall–Kier alpha value is -2.51. The summed E-state index contributed by atoms with van der Waals surface area (Å²) in [6.07, 6.45) is -1.43. The number of amides is 2. The van der Waals surface area contributed by atoms with Gasteiger partial charge in [0, 0.05) is 16.4 Å². The fraction of sp³-hybridized carbons (Fsp3) is 0.412. The van der Waals surface area contributed by atoms with Crippen molar-refractivity contribution < 1.29 is 37.6 Å². The van der Waals surface area contributed by atoms with E-state index >= 15 is 0 Å². The van der Waals surface area contributed by atoms with E-state index in [1.807, 2.05) is 0 Å². The van der Waals surface area contributed by atoms with E-state index in [1.54, 1.807) is 17.5 Å². The molecule has 0 bridgehead atoms. The number of tetrazole rings is 1. The molecular weight excluding hydrogens is 544 g/mol. The molecule has 1 fully saturated rings. The minimum absolute atomic E-state index is 0.103. The first-order valence-corrected chi connectivity index (χ1v) is 14.3. The van der Waals surface area contributed by atoms with Crippen molar-refractivity contribution in [2.24, 2.45) is 0 Å². The number of hydrogen-bond donors (Lipinski definition) is 4. The minimum Gasteiger partial charge on any atom is -0.477 e. The number of nitrogens with zero attached hydrogens (tertiary/aromatic N) is 5. The number of thiophene rings is 1. The molecule has 14 nitrogen and oxygen atoms in total. The number of hydrogen-bond acceptors (Lipinski definition) is 12. The normalized spacial score (nSPS) is 20.9. The van der Waals surface area contributed by atoms with Crippen molar-refractivity contribution >= 4 is 62.8 Å². The second kappa shape index (κ2) is 10.2. The van der Waals surface area contributed by atoms with Crippen LogP contribution in [0.2, 0.25) is 0 Å². The van der Waals surface area contributed by atoms with Crippen molar-refractivity contribution in [3.05, 3.63) is 33.7 Å². The van der Waals surface area contributed by atoms with Gasteiger partial charge in [-0.3, -0.25) is 19.0 Å². The number of aromatic nitrogens is 4. The van der Waals surface area contributed by atoms with Gasteiger partial charge in [0.25, 0.3) is 21.9 Å². The number of carboxylic acids is 1. The number of carboxylic acid groups (broad SMARTS) is 1. The molecule has 35 heavy (non-hydrogen) atoms. The zero-order valence-corrected chi connectivity index (χ0v) is 20.8. The van der Waals surface area contributed by atoms with Gasteiger partial charge >= 0.3 is 5.97 Å². The molecule has 18 heteroatoms. The third-order valence-corrected chi connectivity index (χ3v) is 9.05. The Morgan fingerprint density at radius 2 is 2.14 bits per heavy atom. The van der Waals surface area contributed by atoms with Crippen LogP contribution < -0.4 is 5.32 Å². The molecule has 3 unspecified atom stereocenters. The smallest absolute Gasteiger partial charge is 0.352 e. The average Bonchev–Trinajstić information content (AvgIpc) is 3.50. The number of aryl methyl sites for hydroxylation is 1. The van der Waals surface area contributed by atoms with Crippen molar-refractivity contribution in [1.29, 1.82) is 0 Å². The van der Waals surface area contributed by atoms with Crippen LogP contribution in [0.4, 0.5) is 0 Å². The minimum atomic E-state index is -4.22. The first-order chi connectivity index (χ1) is 16.6. The van der Waals surface area contributed by atoms with E-state index in [1.165, 1.54) is 23.1 Å². The van der Waals surface area contributed by atoms with Crippen molar-refractivity contribution in [2.75, 3.05) is 17.3 Å². The van der Waals surface area contributed by atoms with Crippen LogP contribution in [0, 0.1) is 0 Å². The number of β-lactam (4-membered cyclic amide) rings is 1. The van der Waals surface area contributed by atoms with Gasteiger partial charge in [0.1, 0.15) is 17.1 Å². The van der Waals surface area contributed by atoms with Crippen molar-refractivity contribution in [3.8, 4) is 0 Å². The van der Waals surface area contributed by atoms with Crippen LogP contribution in [-0.4, -0.2) is 94.7 Å². The van der Waals surface area contributed by atoms with Crippen molar-refractivity contribution in [2.45, 2.75) is 29.2 Å². The van der Waals surface area contributed by atoms with Crippen LogP contribution in [0.25, 0.3) is 0 Å². The largest absolute Gasteiger partial charge is 0.477 e. The first kappa shape index (κ1) is 25.6. The molecule has 4 rings (SSSR count). The van der Waals surface area contributed by atoms with Crippen LogP contribution in [-0.2, 0) is 31.0 Å². The lowest BCUT2D eigenvalue weighted by molar-refractivity contribution is -0.151. The third-order valence-electron chi connectivity index (χ3n) is 5.04. The summed E-state index contributed by atoms with van der Waals surface area (Å²) in [5.41, 5.74) is 0.220. The number of rotatable bonds is 10. The first-order valence-electron chi connectivity index (χ1n) is 9.83. The highest BCUT2D eigenvalue weighted by atomic mass is 32.2. The number of fused-ring (bicyclic) bond motifs is 1. The number of thioether (sulfide) groups is 2. The Morgan fingerprint density at radius 3 is 2.80 bits per heavy atom. The molecule has 0 spiro atoms. The summed E-state index contributed by atoms with van der Waals surface area (Å²) in [5.74, 6) is -2.91. The lowest BCUT2D eigenvalue weighted by atomic mass is 10.0. The third kappa shape index (κ3) is 5.51. The van der Waals surface area contributed by atoms with E-state index in [4.69, 9.17) is 4.55 Å². The fourth-order valence-electron chi connectivity index (χ4n) is 3.40. The number of aliphatic carboxylic acids is 1. The molecule has 2 amide bonds. The Bertz CT molecular complexity index is 1280. The zero-order chi connectivity index (χ0) is 25.3. The van der Waals surface area contributed by atoms with E-state index in [2.05, 4.69) is 20.8 Å². The Morgan fingerprint density at radius 1 is 1.37 bits per heavy atom. The summed E-state index contributed by atoms with van der Waals surface area (Å²) in [5, 5.41) is 34.6. The number of nitrogens with one attached hydrogen (secondary N) is 1. The van der Waals surface area contributed by atoms with Gasteiger partial charge in [-0.15, -0.1) is 28.2 Å². The van der Waals surface area contributed by atoms with E-state index in [-0.39, 0.29) is 28.9 Å².